The highest BCUT2D eigenvalue weighted by molar-refractivity contribution is 5.95. The Morgan fingerprint density at radius 1 is 1.43 bits per heavy atom. The zero-order valence-corrected chi connectivity index (χ0v) is 12.9. The molecule has 120 valence electrons. The molecule has 0 saturated carbocycles. The number of rotatable bonds is 4. The maximum Gasteiger partial charge on any atom is 0.293 e. The van der Waals surface area contributed by atoms with Gasteiger partial charge in [0, 0.05) is 29.9 Å². The Bertz CT molecular complexity index is 727. The first-order valence-corrected chi connectivity index (χ1v) is 7.62. The number of aromatic nitrogens is 2. The number of hydrogen-bond donors (Lipinski definition) is 1. The van der Waals surface area contributed by atoms with E-state index in [4.69, 9.17) is 0 Å². The van der Waals surface area contributed by atoms with Gasteiger partial charge in [0.1, 0.15) is 5.69 Å². The fourth-order valence-corrected chi connectivity index (χ4v) is 3.14. The zero-order chi connectivity index (χ0) is 16.4. The summed E-state index contributed by atoms with van der Waals surface area (Å²) in [7, 11) is 0. The number of anilines is 1. The summed E-state index contributed by atoms with van der Waals surface area (Å²) in [4.78, 5) is 24.6. The smallest absolute Gasteiger partial charge is 0.293 e. The lowest BCUT2D eigenvalue weighted by Crippen LogP contribution is -2.33. The van der Waals surface area contributed by atoms with Crippen molar-refractivity contribution >= 4 is 17.2 Å². The minimum atomic E-state index is -0.414. The minimum absolute atomic E-state index is 0.0203. The molecule has 1 aliphatic heterocycles. The third kappa shape index (κ3) is 2.94. The van der Waals surface area contributed by atoms with Crippen LogP contribution in [0.1, 0.15) is 48.1 Å². The van der Waals surface area contributed by atoms with E-state index in [2.05, 4.69) is 15.1 Å². The fraction of sp³-hybridized carbons (Fsp3) is 0.375. The SMILES string of the molecule is CC(=O)c1ccc(N2CCCC[C@@H]2c2cn[nH]c2)c([N+](=O)[O-])c1. The summed E-state index contributed by atoms with van der Waals surface area (Å²) in [5.41, 5.74) is 1.92. The van der Waals surface area contributed by atoms with Gasteiger partial charge in [0.15, 0.2) is 5.78 Å². The first-order valence-electron chi connectivity index (χ1n) is 7.62. The predicted octanol–water partition coefficient (Wildman–Crippen LogP) is 3.25. The molecule has 1 fully saturated rings. The van der Waals surface area contributed by atoms with Gasteiger partial charge in [-0.05, 0) is 38.3 Å². The molecule has 0 aliphatic carbocycles. The Balaban J connectivity index is 2.04. The van der Waals surface area contributed by atoms with Gasteiger partial charge in [0.05, 0.1) is 17.2 Å². The van der Waals surface area contributed by atoms with E-state index in [-0.39, 0.29) is 17.5 Å². The number of nitro groups is 1. The lowest BCUT2D eigenvalue weighted by Gasteiger charge is -2.36. The normalized spacial score (nSPS) is 18.0. The molecule has 1 saturated heterocycles. The molecular weight excluding hydrogens is 296 g/mol. The number of nitro benzene ring substituents is 1. The van der Waals surface area contributed by atoms with Crippen LogP contribution in [-0.4, -0.2) is 27.4 Å². The number of carbonyl (C=O) groups excluding carboxylic acids is 1. The van der Waals surface area contributed by atoms with Gasteiger partial charge in [-0.15, -0.1) is 0 Å². The third-order valence-corrected chi connectivity index (χ3v) is 4.30. The van der Waals surface area contributed by atoms with Gasteiger partial charge in [-0.3, -0.25) is 20.0 Å². The van der Waals surface area contributed by atoms with Crippen LogP contribution in [0.15, 0.2) is 30.6 Å². The van der Waals surface area contributed by atoms with E-state index in [1.165, 1.54) is 13.0 Å². The molecule has 1 atom stereocenters. The van der Waals surface area contributed by atoms with Crippen molar-refractivity contribution in [2.45, 2.75) is 32.2 Å². The van der Waals surface area contributed by atoms with Crippen LogP contribution in [0, 0.1) is 10.1 Å². The van der Waals surface area contributed by atoms with Crippen molar-refractivity contribution in [3.05, 3.63) is 51.8 Å². The van der Waals surface area contributed by atoms with Gasteiger partial charge in [-0.1, -0.05) is 0 Å². The van der Waals surface area contributed by atoms with Gasteiger partial charge in [-0.2, -0.15) is 5.10 Å². The first kappa shape index (κ1) is 15.2. The van der Waals surface area contributed by atoms with Crippen LogP contribution in [0.2, 0.25) is 0 Å². The van der Waals surface area contributed by atoms with E-state index in [0.717, 1.165) is 31.4 Å². The van der Waals surface area contributed by atoms with Gasteiger partial charge in [0.25, 0.3) is 5.69 Å². The molecular formula is C16H18N4O3. The molecule has 2 heterocycles. The van der Waals surface area contributed by atoms with Gasteiger partial charge < -0.3 is 4.90 Å². The molecule has 0 radical (unpaired) electrons. The predicted molar refractivity (Wildman–Crippen MR) is 85.6 cm³/mol. The van der Waals surface area contributed by atoms with Crippen LogP contribution in [0.25, 0.3) is 0 Å². The Labute approximate surface area is 133 Å². The van der Waals surface area contributed by atoms with Crippen molar-refractivity contribution in [3.63, 3.8) is 0 Å². The first-order chi connectivity index (χ1) is 11.1. The second-order valence-corrected chi connectivity index (χ2v) is 5.75. The van der Waals surface area contributed by atoms with Gasteiger partial charge >= 0.3 is 0 Å². The van der Waals surface area contributed by atoms with E-state index in [9.17, 15) is 14.9 Å². The van der Waals surface area contributed by atoms with Crippen molar-refractivity contribution in [1.82, 2.24) is 10.2 Å². The fourth-order valence-electron chi connectivity index (χ4n) is 3.14. The largest absolute Gasteiger partial charge is 0.359 e. The summed E-state index contributed by atoms with van der Waals surface area (Å²) in [5.74, 6) is -0.176. The summed E-state index contributed by atoms with van der Waals surface area (Å²) in [6, 6.07) is 4.78. The highest BCUT2D eigenvalue weighted by atomic mass is 16.6. The van der Waals surface area contributed by atoms with Crippen molar-refractivity contribution in [1.29, 1.82) is 0 Å². The number of carbonyl (C=O) groups is 1. The highest BCUT2D eigenvalue weighted by Gasteiger charge is 2.30. The van der Waals surface area contributed by atoms with Crippen LogP contribution in [0.5, 0.6) is 0 Å². The number of Topliss-reactive ketones (excluding diaryl/α,β-unsaturated/α-hetero) is 1. The molecule has 1 aromatic carbocycles. The van der Waals surface area contributed by atoms with Crippen LogP contribution in [-0.2, 0) is 0 Å². The Morgan fingerprint density at radius 2 is 2.26 bits per heavy atom. The van der Waals surface area contributed by atoms with E-state index in [1.54, 1.807) is 18.3 Å². The molecule has 0 unspecified atom stereocenters. The number of ketones is 1. The molecule has 7 nitrogen and oxygen atoms in total. The Morgan fingerprint density at radius 3 is 2.91 bits per heavy atom. The zero-order valence-electron chi connectivity index (χ0n) is 12.9. The number of nitrogens with zero attached hydrogens (tertiary/aromatic N) is 3. The monoisotopic (exact) mass is 314 g/mol. The summed E-state index contributed by atoms with van der Waals surface area (Å²) in [5, 5.41) is 18.3. The summed E-state index contributed by atoms with van der Waals surface area (Å²) in [6.45, 7) is 2.16. The number of hydrogen-bond acceptors (Lipinski definition) is 5. The van der Waals surface area contributed by atoms with Crippen molar-refractivity contribution in [2.24, 2.45) is 0 Å². The number of benzene rings is 1. The van der Waals surface area contributed by atoms with Crippen LogP contribution in [0.4, 0.5) is 11.4 Å². The maximum absolute atomic E-state index is 11.5. The Hall–Kier alpha value is -2.70. The molecule has 1 aliphatic rings. The van der Waals surface area contributed by atoms with Crippen molar-refractivity contribution in [3.8, 4) is 0 Å². The Kier molecular flexibility index (Phi) is 4.10. The second-order valence-electron chi connectivity index (χ2n) is 5.75. The number of H-pyrrole nitrogens is 1. The molecule has 0 spiro atoms. The van der Waals surface area contributed by atoms with E-state index in [0.29, 0.717) is 11.3 Å². The lowest BCUT2D eigenvalue weighted by atomic mass is 9.96. The lowest BCUT2D eigenvalue weighted by molar-refractivity contribution is -0.384. The number of nitrogens with one attached hydrogen (secondary N) is 1. The molecule has 1 aromatic heterocycles. The van der Waals surface area contributed by atoms with Crippen molar-refractivity contribution in [2.75, 3.05) is 11.4 Å². The number of aromatic amines is 1. The average Bonchev–Trinajstić information content (AvgIpc) is 3.08. The summed E-state index contributed by atoms with van der Waals surface area (Å²) in [6.07, 6.45) is 6.58. The van der Waals surface area contributed by atoms with Crippen LogP contribution >= 0.6 is 0 Å². The van der Waals surface area contributed by atoms with Crippen LogP contribution in [0.3, 0.4) is 0 Å². The quantitative estimate of drug-likeness (QED) is 0.531. The molecule has 7 heteroatoms. The van der Waals surface area contributed by atoms with E-state index >= 15 is 0 Å². The van der Waals surface area contributed by atoms with Gasteiger partial charge in [-0.25, -0.2) is 0 Å². The standard InChI is InChI=1S/C16H18N4O3/c1-11(21)12-5-6-15(16(8-12)20(22)23)19-7-3-2-4-14(19)13-9-17-18-10-13/h5-6,8-10,14H,2-4,7H2,1H3,(H,17,18)/t14-/m1/s1. The average molecular weight is 314 g/mol. The van der Waals surface area contributed by atoms with Crippen LogP contribution < -0.4 is 4.90 Å². The molecule has 2 aromatic rings. The van der Waals surface area contributed by atoms with E-state index < -0.39 is 4.92 Å². The highest BCUT2D eigenvalue weighted by Crippen LogP contribution is 2.39. The van der Waals surface area contributed by atoms with Gasteiger partial charge in [0.2, 0.25) is 0 Å². The second kappa shape index (κ2) is 6.20. The molecule has 3 rings (SSSR count). The topological polar surface area (TPSA) is 92.1 Å². The molecule has 23 heavy (non-hydrogen) atoms. The summed E-state index contributed by atoms with van der Waals surface area (Å²) < 4.78 is 0. The minimum Gasteiger partial charge on any atom is -0.359 e. The van der Waals surface area contributed by atoms with Crippen molar-refractivity contribution < 1.29 is 9.72 Å². The summed E-state index contributed by atoms with van der Waals surface area (Å²) >= 11 is 0. The third-order valence-electron chi connectivity index (χ3n) is 4.30. The maximum atomic E-state index is 11.5. The number of piperidine rings is 1. The molecule has 1 N–H and O–H groups in total. The molecule has 0 bridgehead atoms. The van der Waals surface area contributed by atoms with E-state index in [1.807, 2.05) is 6.20 Å². The molecule has 0 amide bonds.